The highest BCUT2D eigenvalue weighted by Gasteiger charge is 2.19. The molecule has 2 heterocycles. The molecule has 4 nitrogen and oxygen atoms in total. The van der Waals surface area contributed by atoms with Gasteiger partial charge in [0.15, 0.2) is 0 Å². The summed E-state index contributed by atoms with van der Waals surface area (Å²) in [5.41, 5.74) is 1.97. The van der Waals surface area contributed by atoms with E-state index in [9.17, 15) is 5.11 Å². The lowest BCUT2D eigenvalue weighted by molar-refractivity contribution is 0.140. The van der Waals surface area contributed by atoms with E-state index in [-0.39, 0.29) is 5.75 Å². The van der Waals surface area contributed by atoms with Crippen molar-refractivity contribution in [3.05, 3.63) is 33.5 Å². The Bertz CT molecular complexity index is 627. The third-order valence-electron chi connectivity index (χ3n) is 3.17. The van der Waals surface area contributed by atoms with E-state index in [4.69, 9.17) is 16.3 Å². The van der Waals surface area contributed by atoms with Crippen LogP contribution in [0.2, 0.25) is 5.02 Å². The molecule has 100 valence electrons. The van der Waals surface area contributed by atoms with Gasteiger partial charge < -0.3 is 14.4 Å². The summed E-state index contributed by atoms with van der Waals surface area (Å²) < 4.78 is 8.44. The number of aromatic hydroxyl groups is 1. The van der Waals surface area contributed by atoms with Crippen LogP contribution < -0.4 is 0 Å². The van der Waals surface area contributed by atoms with E-state index in [1.807, 2.05) is 6.07 Å². The number of hydrogen-bond donors (Lipinski definition) is 1. The summed E-state index contributed by atoms with van der Waals surface area (Å²) in [4.78, 5) is 4.54. The highest BCUT2D eigenvalue weighted by atomic mass is 79.9. The molecule has 0 saturated carbocycles. The van der Waals surface area contributed by atoms with Crippen molar-refractivity contribution >= 4 is 27.5 Å². The minimum atomic E-state index is 0.0671. The number of phenols is 1. The average Bonchev–Trinajstić information content (AvgIpc) is 2.59. The van der Waals surface area contributed by atoms with Gasteiger partial charge in [-0.1, -0.05) is 11.6 Å². The minimum absolute atomic E-state index is 0.0671. The quantitative estimate of drug-likeness (QED) is 0.864. The number of benzene rings is 1. The molecule has 0 amide bonds. The van der Waals surface area contributed by atoms with Crippen molar-refractivity contribution in [2.24, 2.45) is 0 Å². The second-order valence-electron chi connectivity index (χ2n) is 4.35. The number of halogens is 2. The molecule has 0 radical (unpaired) electrons. The first-order valence-electron chi connectivity index (χ1n) is 5.98. The zero-order valence-electron chi connectivity index (χ0n) is 10.1. The SMILES string of the molecule is Oc1cc(-c2nc(Br)c3n2CCOCC3)ccc1Cl. The van der Waals surface area contributed by atoms with Gasteiger partial charge in [-0.3, -0.25) is 0 Å². The van der Waals surface area contributed by atoms with Crippen molar-refractivity contribution in [2.75, 3.05) is 13.2 Å². The van der Waals surface area contributed by atoms with E-state index in [1.54, 1.807) is 12.1 Å². The Morgan fingerprint density at radius 1 is 1.37 bits per heavy atom. The van der Waals surface area contributed by atoms with E-state index >= 15 is 0 Å². The summed E-state index contributed by atoms with van der Waals surface area (Å²) in [6.07, 6.45) is 0.827. The topological polar surface area (TPSA) is 47.3 Å². The van der Waals surface area contributed by atoms with Crippen molar-refractivity contribution in [1.29, 1.82) is 0 Å². The molecule has 0 atom stereocenters. The maximum absolute atomic E-state index is 9.72. The van der Waals surface area contributed by atoms with Gasteiger partial charge in [0.1, 0.15) is 16.2 Å². The summed E-state index contributed by atoms with van der Waals surface area (Å²) in [7, 11) is 0. The molecule has 0 saturated heterocycles. The number of ether oxygens (including phenoxy) is 1. The lowest BCUT2D eigenvalue weighted by Crippen LogP contribution is -2.05. The van der Waals surface area contributed by atoms with Crippen molar-refractivity contribution in [3.63, 3.8) is 0 Å². The van der Waals surface area contributed by atoms with Gasteiger partial charge in [0.05, 0.1) is 23.9 Å². The van der Waals surface area contributed by atoms with Crippen LogP contribution in [0.3, 0.4) is 0 Å². The van der Waals surface area contributed by atoms with E-state index in [2.05, 4.69) is 25.5 Å². The number of imidazole rings is 1. The van der Waals surface area contributed by atoms with Crippen LogP contribution in [-0.4, -0.2) is 27.9 Å². The molecule has 0 bridgehead atoms. The molecule has 0 aliphatic carbocycles. The first-order chi connectivity index (χ1) is 9.16. The Morgan fingerprint density at radius 2 is 2.21 bits per heavy atom. The van der Waals surface area contributed by atoms with Gasteiger partial charge in [-0.2, -0.15) is 0 Å². The van der Waals surface area contributed by atoms with E-state index in [0.717, 1.165) is 34.7 Å². The average molecular weight is 344 g/mol. The van der Waals surface area contributed by atoms with Crippen LogP contribution in [0.4, 0.5) is 0 Å². The molecule has 0 spiro atoms. The van der Waals surface area contributed by atoms with Gasteiger partial charge in [-0.05, 0) is 34.1 Å². The fourth-order valence-corrected chi connectivity index (χ4v) is 2.93. The lowest BCUT2D eigenvalue weighted by atomic mass is 10.2. The number of rotatable bonds is 1. The van der Waals surface area contributed by atoms with Gasteiger partial charge in [0.25, 0.3) is 0 Å². The van der Waals surface area contributed by atoms with Crippen LogP contribution in [0.5, 0.6) is 5.75 Å². The summed E-state index contributed by atoms with van der Waals surface area (Å²) in [6.45, 7) is 2.13. The third-order valence-corrected chi connectivity index (χ3v) is 4.13. The highest BCUT2D eigenvalue weighted by Crippen LogP contribution is 2.32. The largest absolute Gasteiger partial charge is 0.506 e. The maximum Gasteiger partial charge on any atom is 0.141 e. The predicted molar refractivity (Wildman–Crippen MR) is 76.6 cm³/mol. The van der Waals surface area contributed by atoms with Gasteiger partial charge in [-0.15, -0.1) is 0 Å². The molecule has 19 heavy (non-hydrogen) atoms. The Hall–Kier alpha value is -1.04. The first-order valence-corrected chi connectivity index (χ1v) is 7.15. The van der Waals surface area contributed by atoms with Crippen LogP contribution in [0, 0.1) is 0 Å². The molecular formula is C13H12BrClN2O2. The molecule has 2 aromatic rings. The van der Waals surface area contributed by atoms with Crippen LogP contribution in [0.15, 0.2) is 22.8 Å². The molecule has 1 N–H and O–H groups in total. The Labute approximate surface area is 124 Å². The van der Waals surface area contributed by atoms with Crippen molar-refractivity contribution in [1.82, 2.24) is 9.55 Å². The summed E-state index contributed by atoms with van der Waals surface area (Å²) in [6, 6.07) is 5.17. The Balaban J connectivity index is 2.12. The summed E-state index contributed by atoms with van der Waals surface area (Å²) in [5, 5.41) is 10.1. The Morgan fingerprint density at radius 3 is 3.00 bits per heavy atom. The van der Waals surface area contributed by atoms with E-state index in [1.165, 1.54) is 0 Å². The van der Waals surface area contributed by atoms with E-state index in [0.29, 0.717) is 18.2 Å². The van der Waals surface area contributed by atoms with Gasteiger partial charge in [0.2, 0.25) is 0 Å². The smallest absolute Gasteiger partial charge is 0.141 e. The van der Waals surface area contributed by atoms with Crippen LogP contribution in [-0.2, 0) is 17.7 Å². The molecule has 0 fully saturated rings. The number of nitrogens with zero attached hydrogens (tertiary/aromatic N) is 2. The van der Waals surface area contributed by atoms with Crippen molar-refractivity contribution in [3.8, 4) is 17.1 Å². The summed E-state index contributed by atoms with van der Waals surface area (Å²) in [5.74, 6) is 0.886. The lowest BCUT2D eigenvalue weighted by Gasteiger charge is -2.08. The molecule has 0 unspecified atom stereocenters. The molecule has 1 aromatic heterocycles. The molecule has 1 aromatic carbocycles. The second-order valence-corrected chi connectivity index (χ2v) is 5.51. The number of aromatic nitrogens is 2. The first kappa shape index (κ1) is 13.0. The minimum Gasteiger partial charge on any atom is -0.506 e. The fourth-order valence-electron chi connectivity index (χ4n) is 2.23. The molecule has 3 rings (SSSR count). The normalized spacial score (nSPS) is 15.1. The molecular weight excluding hydrogens is 332 g/mol. The zero-order valence-corrected chi connectivity index (χ0v) is 12.4. The number of phenolic OH excluding ortho intramolecular Hbond substituents is 1. The zero-order chi connectivity index (χ0) is 13.4. The molecule has 6 heteroatoms. The van der Waals surface area contributed by atoms with Crippen LogP contribution in [0.1, 0.15) is 5.69 Å². The van der Waals surface area contributed by atoms with Gasteiger partial charge in [0, 0.05) is 18.5 Å². The van der Waals surface area contributed by atoms with Crippen molar-refractivity contribution < 1.29 is 9.84 Å². The second kappa shape index (κ2) is 5.15. The number of fused-ring (bicyclic) bond motifs is 1. The maximum atomic E-state index is 9.72. The van der Waals surface area contributed by atoms with E-state index < -0.39 is 0 Å². The highest BCUT2D eigenvalue weighted by molar-refractivity contribution is 9.10. The standard InChI is InChI=1S/C13H12BrClN2O2/c14-12-10-3-5-19-6-4-17(10)13(16-12)8-1-2-9(15)11(18)7-8/h1-2,7,18H,3-6H2. The predicted octanol–water partition coefficient (Wildman–Crippen LogP) is 3.24. The van der Waals surface area contributed by atoms with Crippen LogP contribution in [0.25, 0.3) is 11.4 Å². The molecule has 1 aliphatic heterocycles. The third kappa shape index (κ3) is 2.38. The fraction of sp³-hybridized carbons (Fsp3) is 0.308. The monoisotopic (exact) mass is 342 g/mol. The Kier molecular flexibility index (Phi) is 3.52. The van der Waals surface area contributed by atoms with Crippen LogP contribution >= 0.6 is 27.5 Å². The van der Waals surface area contributed by atoms with Crippen molar-refractivity contribution in [2.45, 2.75) is 13.0 Å². The van der Waals surface area contributed by atoms with Gasteiger partial charge >= 0.3 is 0 Å². The van der Waals surface area contributed by atoms with Gasteiger partial charge in [-0.25, -0.2) is 4.98 Å². The summed E-state index contributed by atoms with van der Waals surface area (Å²) >= 11 is 9.33. The number of hydrogen-bond acceptors (Lipinski definition) is 3. The molecule has 1 aliphatic rings.